The summed E-state index contributed by atoms with van der Waals surface area (Å²) >= 11 is 0. The van der Waals surface area contributed by atoms with Crippen molar-refractivity contribution >= 4 is 22.1 Å². The van der Waals surface area contributed by atoms with E-state index in [9.17, 15) is 4.79 Å². The molecule has 0 saturated heterocycles. The fraction of sp³-hybridized carbons (Fsp3) is 0. The van der Waals surface area contributed by atoms with Gasteiger partial charge in [0.25, 0.3) is 0 Å². The zero-order valence-corrected chi connectivity index (χ0v) is 10.4. The molecule has 5 heteroatoms. The summed E-state index contributed by atoms with van der Waals surface area (Å²) in [6, 6.07) is 11.1. The van der Waals surface area contributed by atoms with Crippen molar-refractivity contribution in [2.75, 3.05) is 0 Å². The van der Waals surface area contributed by atoms with Gasteiger partial charge in [0, 0.05) is 23.3 Å². The van der Waals surface area contributed by atoms with Crippen molar-refractivity contribution in [2.24, 2.45) is 0 Å². The van der Waals surface area contributed by atoms with Crippen molar-refractivity contribution < 1.29 is 0 Å². The predicted octanol–water partition coefficient (Wildman–Crippen LogP) is 2.47. The Morgan fingerprint density at radius 3 is 2.75 bits per heavy atom. The van der Waals surface area contributed by atoms with Gasteiger partial charge in [0.15, 0.2) is 11.1 Å². The molecule has 3 aromatic heterocycles. The molecule has 0 aliphatic rings. The lowest BCUT2D eigenvalue weighted by Gasteiger charge is -2.00. The molecule has 5 nitrogen and oxygen atoms in total. The molecule has 2 N–H and O–H groups in total. The van der Waals surface area contributed by atoms with Crippen LogP contribution in [0.4, 0.5) is 0 Å². The van der Waals surface area contributed by atoms with Crippen LogP contribution in [0, 0.1) is 0 Å². The Morgan fingerprint density at radius 2 is 1.85 bits per heavy atom. The molecule has 0 radical (unpaired) electrons. The smallest absolute Gasteiger partial charge is 0.200 e. The van der Waals surface area contributed by atoms with Crippen LogP contribution in [0.3, 0.4) is 0 Å². The molecule has 0 saturated carbocycles. The number of rotatable bonds is 1. The number of imidazole rings is 1. The van der Waals surface area contributed by atoms with Gasteiger partial charge in [-0.25, -0.2) is 9.97 Å². The van der Waals surface area contributed by atoms with E-state index in [2.05, 4.69) is 19.9 Å². The quantitative estimate of drug-likeness (QED) is 0.553. The zero-order valence-electron chi connectivity index (χ0n) is 10.4. The number of nitrogens with one attached hydrogen (secondary N) is 2. The lowest BCUT2D eigenvalue weighted by Crippen LogP contribution is -2.06. The van der Waals surface area contributed by atoms with E-state index < -0.39 is 0 Å². The Balaban J connectivity index is 2.02. The van der Waals surface area contributed by atoms with E-state index in [1.807, 2.05) is 30.3 Å². The van der Waals surface area contributed by atoms with E-state index in [1.165, 1.54) is 0 Å². The van der Waals surface area contributed by atoms with Gasteiger partial charge in [-0.2, -0.15) is 0 Å². The van der Waals surface area contributed by atoms with Gasteiger partial charge < -0.3 is 9.97 Å². The molecule has 0 unspecified atom stereocenters. The van der Waals surface area contributed by atoms with Crippen LogP contribution in [-0.4, -0.2) is 19.9 Å². The largest absolute Gasteiger partial charge is 0.360 e. The van der Waals surface area contributed by atoms with E-state index in [0.29, 0.717) is 22.4 Å². The number of hydrogen-bond donors (Lipinski definition) is 2. The molecule has 4 rings (SSSR count). The lowest BCUT2D eigenvalue weighted by molar-refractivity contribution is 1.27. The highest BCUT2D eigenvalue weighted by Crippen LogP contribution is 2.17. The first kappa shape index (κ1) is 10.9. The molecule has 0 bridgehead atoms. The van der Waals surface area contributed by atoms with E-state index >= 15 is 0 Å². The monoisotopic (exact) mass is 262 g/mol. The van der Waals surface area contributed by atoms with Crippen LogP contribution >= 0.6 is 0 Å². The fourth-order valence-corrected chi connectivity index (χ4v) is 2.32. The van der Waals surface area contributed by atoms with Gasteiger partial charge in [-0.3, -0.25) is 4.79 Å². The van der Waals surface area contributed by atoms with Crippen LogP contribution in [0.15, 0.2) is 53.6 Å². The Kier molecular flexibility index (Phi) is 2.20. The molecule has 0 aliphatic heterocycles. The van der Waals surface area contributed by atoms with Crippen molar-refractivity contribution in [1.29, 1.82) is 0 Å². The van der Waals surface area contributed by atoms with Crippen LogP contribution in [-0.2, 0) is 0 Å². The number of aromatic nitrogens is 4. The third kappa shape index (κ3) is 1.53. The third-order valence-corrected chi connectivity index (χ3v) is 3.30. The number of H-pyrrole nitrogens is 2. The van der Waals surface area contributed by atoms with Crippen LogP contribution in [0.2, 0.25) is 0 Å². The van der Waals surface area contributed by atoms with Gasteiger partial charge in [0.2, 0.25) is 0 Å². The maximum atomic E-state index is 12.5. The summed E-state index contributed by atoms with van der Waals surface area (Å²) in [6.45, 7) is 0. The topological polar surface area (TPSA) is 74.4 Å². The molecule has 0 spiro atoms. The first-order chi connectivity index (χ1) is 9.83. The van der Waals surface area contributed by atoms with Crippen LogP contribution in [0.5, 0.6) is 0 Å². The molecular weight excluding hydrogens is 252 g/mol. The van der Waals surface area contributed by atoms with Gasteiger partial charge in [0.05, 0.1) is 11.1 Å². The highest BCUT2D eigenvalue weighted by Gasteiger charge is 2.11. The first-order valence-electron chi connectivity index (χ1n) is 6.24. The summed E-state index contributed by atoms with van der Waals surface area (Å²) in [5, 5.41) is 0.651. The third-order valence-electron chi connectivity index (χ3n) is 3.30. The molecule has 20 heavy (non-hydrogen) atoms. The van der Waals surface area contributed by atoms with E-state index in [0.717, 1.165) is 11.0 Å². The normalized spacial score (nSPS) is 11.2. The van der Waals surface area contributed by atoms with Crippen molar-refractivity contribution in [3.05, 3.63) is 59.0 Å². The minimum atomic E-state index is -0.0431. The van der Waals surface area contributed by atoms with Crippen LogP contribution in [0.1, 0.15) is 0 Å². The molecule has 0 amide bonds. The van der Waals surface area contributed by atoms with E-state index in [-0.39, 0.29) is 5.43 Å². The van der Waals surface area contributed by atoms with Gasteiger partial charge in [-0.1, -0.05) is 12.1 Å². The van der Waals surface area contributed by atoms with Crippen LogP contribution in [0.25, 0.3) is 33.5 Å². The standard InChI is InChI=1S/C15H10N4O/c20-13-9-4-1-2-5-11(9)17-8-10(13)14-18-12-6-3-7-16-15(12)19-14/h1-8H,(H,17,20)(H,16,18,19). The Bertz CT molecular complexity index is 951. The van der Waals surface area contributed by atoms with E-state index in [1.54, 1.807) is 18.5 Å². The second-order valence-corrected chi connectivity index (χ2v) is 4.54. The zero-order chi connectivity index (χ0) is 13.5. The summed E-state index contributed by atoms with van der Waals surface area (Å²) in [6.07, 6.45) is 3.36. The molecule has 1 aromatic carbocycles. The number of nitrogens with zero attached hydrogens (tertiary/aromatic N) is 2. The molecule has 0 atom stereocenters. The van der Waals surface area contributed by atoms with Crippen LogP contribution < -0.4 is 5.43 Å². The number of benzene rings is 1. The second-order valence-electron chi connectivity index (χ2n) is 4.54. The summed E-state index contributed by atoms with van der Waals surface area (Å²) < 4.78 is 0. The minimum Gasteiger partial charge on any atom is -0.360 e. The fourth-order valence-electron chi connectivity index (χ4n) is 2.32. The molecule has 0 aliphatic carbocycles. The molecule has 96 valence electrons. The number of para-hydroxylation sites is 1. The van der Waals surface area contributed by atoms with Gasteiger partial charge in [0.1, 0.15) is 5.82 Å². The first-order valence-corrected chi connectivity index (χ1v) is 6.24. The van der Waals surface area contributed by atoms with Crippen molar-refractivity contribution in [3.8, 4) is 11.4 Å². The van der Waals surface area contributed by atoms with E-state index in [4.69, 9.17) is 0 Å². The predicted molar refractivity (Wildman–Crippen MR) is 77.5 cm³/mol. The van der Waals surface area contributed by atoms with Gasteiger partial charge >= 0.3 is 0 Å². The minimum absolute atomic E-state index is 0.0431. The molecular formula is C15H10N4O. The molecule has 3 heterocycles. The van der Waals surface area contributed by atoms with Crippen molar-refractivity contribution in [1.82, 2.24) is 19.9 Å². The number of hydrogen-bond acceptors (Lipinski definition) is 3. The number of fused-ring (bicyclic) bond motifs is 2. The summed E-state index contributed by atoms with van der Waals surface area (Å²) in [7, 11) is 0. The van der Waals surface area contributed by atoms with Gasteiger partial charge in [-0.05, 0) is 24.3 Å². The highest BCUT2D eigenvalue weighted by molar-refractivity contribution is 5.83. The van der Waals surface area contributed by atoms with Gasteiger partial charge in [-0.15, -0.1) is 0 Å². The Hall–Kier alpha value is -2.95. The molecule has 4 aromatic rings. The average Bonchev–Trinajstić information content (AvgIpc) is 2.91. The summed E-state index contributed by atoms with van der Waals surface area (Å²) in [5.74, 6) is 0.533. The summed E-state index contributed by atoms with van der Waals surface area (Å²) in [5.41, 5.74) is 2.71. The SMILES string of the molecule is O=c1c(-c2nc3ncccc3[nH]2)c[nH]c2ccccc12. The van der Waals surface area contributed by atoms with Crippen molar-refractivity contribution in [2.45, 2.75) is 0 Å². The highest BCUT2D eigenvalue weighted by atomic mass is 16.1. The Labute approximate surface area is 113 Å². The van der Waals surface area contributed by atoms with Crippen molar-refractivity contribution in [3.63, 3.8) is 0 Å². The maximum absolute atomic E-state index is 12.5. The Morgan fingerprint density at radius 1 is 1.00 bits per heavy atom. The number of pyridine rings is 2. The maximum Gasteiger partial charge on any atom is 0.200 e. The summed E-state index contributed by atoms with van der Waals surface area (Å²) in [4.78, 5) is 27.3. The lowest BCUT2D eigenvalue weighted by atomic mass is 10.1. The molecule has 0 fully saturated rings. The average molecular weight is 262 g/mol. The number of aromatic amines is 2. The second kappa shape index (κ2) is 4.03.